The van der Waals surface area contributed by atoms with E-state index >= 15 is 0 Å². The van der Waals surface area contributed by atoms with Crippen molar-refractivity contribution in [1.82, 2.24) is 0 Å². The van der Waals surface area contributed by atoms with E-state index in [1.165, 1.54) is 6.07 Å². The first-order chi connectivity index (χ1) is 8.97. The summed E-state index contributed by atoms with van der Waals surface area (Å²) in [7, 11) is 0. The second kappa shape index (κ2) is 5.63. The van der Waals surface area contributed by atoms with Crippen LogP contribution in [0.25, 0.3) is 0 Å². The molecule has 0 spiro atoms. The van der Waals surface area contributed by atoms with Gasteiger partial charge in [-0.2, -0.15) is 0 Å². The van der Waals surface area contributed by atoms with Gasteiger partial charge >= 0.3 is 5.97 Å². The molecule has 0 aliphatic rings. The van der Waals surface area contributed by atoms with Crippen LogP contribution in [0.1, 0.15) is 15.9 Å². The Bertz CT molecular complexity index is 641. The Labute approximate surface area is 123 Å². The Hall–Kier alpha value is -1.52. The Morgan fingerprint density at radius 1 is 1.21 bits per heavy atom. The molecule has 0 aliphatic carbocycles. The molecule has 2 aromatic carbocycles. The maximum absolute atomic E-state index is 11.2. The third-order valence-electron chi connectivity index (χ3n) is 2.54. The summed E-state index contributed by atoms with van der Waals surface area (Å²) in [6, 6.07) is 9.98. The summed E-state index contributed by atoms with van der Waals surface area (Å²) in [5, 5.41) is 9.67. The zero-order valence-electron chi connectivity index (χ0n) is 9.98. The van der Waals surface area contributed by atoms with Crippen molar-refractivity contribution in [1.29, 1.82) is 0 Å². The number of benzene rings is 2. The molecular weight excluding hydrogens is 332 g/mol. The first-order valence-corrected chi connectivity index (χ1v) is 6.61. The van der Waals surface area contributed by atoms with Crippen LogP contribution >= 0.6 is 27.5 Å². The fourth-order valence-corrected chi connectivity index (χ4v) is 2.06. The van der Waals surface area contributed by atoms with Gasteiger partial charge in [-0.1, -0.05) is 33.6 Å². The molecule has 0 saturated carbocycles. The number of halogens is 2. The Kier molecular flexibility index (Phi) is 4.12. The second-order valence-electron chi connectivity index (χ2n) is 3.96. The van der Waals surface area contributed by atoms with Crippen LogP contribution in [0.2, 0.25) is 5.02 Å². The zero-order valence-corrected chi connectivity index (χ0v) is 12.3. The molecule has 19 heavy (non-hydrogen) atoms. The van der Waals surface area contributed by atoms with Crippen LogP contribution in [0, 0.1) is 6.92 Å². The van der Waals surface area contributed by atoms with E-state index in [0.29, 0.717) is 10.8 Å². The van der Waals surface area contributed by atoms with Crippen LogP contribution < -0.4 is 4.74 Å². The predicted octanol–water partition coefficient (Wildman–Crippen LogP) is 4.90. The van der Waals surface area contributed by atoms with Crippen LogP contribution in [0.15, 0.2) is 40.9 Å². The van der Waals surface area contributed by atoms with Gasteiger partial charge in [-0.3, -0.25) is 0 Å². The quantitative estimate of drug-likeness (QED) is 0.863. The number of carboxylic acid groups (broad SMARTS) is 1. The number of ether oxygens (including phenoxy) is 1. The highest BCUT2D eigenvalue weighted by molar-refractivity contribution is 9.10. The van der Waals surface area contributed by atoms with E-state index in [0.717, 1.165) is 10.0 Å². The Morgan fingerprint density at radius 3 is 2.63 bits per heavy atom. The van der Waals surface area contributed by atoms with Crippen molar-refractivity contribution in [3.63, 3.8) is 0 Å². The van der Waals surface area contributed by atoms with Crippen molar-refractivity contribution in [3.8, 4) is 11.5 Å². The van der Waals surface area contributed by atoms with Gasteiger partial charge in [0, 0.05) is 9.50 Å². The third-order valence-corrected chi connectivity index (χ3v) is 3.27. The lowest BCUT2D eigenvalue weighted by Crippen LogP contribution is -2.00. The van der Waals surface area contributed by atoms with E-state index < -0.39 is 5.97 Å². The average molecular weight is 342 g/mol. The number of hydrogen-bond acceptors (Lipinski definition) is 2. The molecule has 0 atom stereocenters. The molecular formula is C14H10BrClO3. The van der Waals surface area contributed by atoms with Crippen LogP contribution in [-0.2, 0) is 0 Å². The summed E-state index contributed by atoms with van der Waals surface area (Å²) in [5.74, 6) is -0.234. The molecule has 0 radical (unpaired) electrons. The average Bonchev–Trinajstić information content (AvgIpc) is 2.33. The van der Waals surface area contributed by atoms with Gasteiger partial charge < -0.3 is 9.84 Å². The van der Waals surface area contributed by atoms with E-state index in [9.17, 15) is 4.79 Å². The van der Waals surface area contributed by atoms with Crippen LogP contribution in [0.5, 0.6) is 11.5 Å². The summed E-state index contributed by atoms with van der Waals surface area (Å²) in [6.45, 7) is 1.87. The summed E-state index contributed by atoms with van der Waals surface area (Å²) in [5.41, 5.74) is 0.975. The summed E-state index contributed by atoms with van der Waals surface area (Å²) >= 11 is 9.20. The minimum atomic E-state index is -1.04. The molecule has 0 heterocycles. The number of aromatic carboxylic acids is 1. The highest BCUT2D eigenvalue weighted by Gasteiger charge is 2.13. The van der Waals surface area contributed by atoms with Crippen LogP contribution in [0.4, 0.5) is 0 Å². The molecule has 0 unspecified atom stereocenters. The lowest BCUT2D eigenvalue weighted by atomic mass is 10.2. The van der Waals surface area contributed by atoms with E-state index in [1.807, 2.05) is 13.0 Å². The molecule has 2 rings (SSSR count). The Morgan fingerprint density at radius 2 is 1.95 bits per heavy atom. The van der Waals surface area contributed by atoms with E-state index in [-0.39, 0.29) is 11.3 Å². The van der Waals surface area contributed by atoms with Crippen LogP contribution in [0.3, 0.4) is 0 Å². The van der Waals surface area contributed by atoms with Gasteiger partial charge in [-0.25, -0.2) is 4.79 Å². The summed E-state index contributed by atoms with van der Waals surface area (Å²) < 4.78 is 6.41. The minimum absolute atomic E-state index is 0.0996. The normalized spacial score (nSPS) is 10.3. The monoisotopic (exact) mass is 340 g/mol. The molecule has 3 nitrogen and oxygen atoms in total. The molecule has 2 aromatic rings. The van der Waals surface area contributed by atoms with Gasteiger partial charge in [0.2, 0.25) is 0 Å². The van der Waals surface area contributed by atoms with E-state index in [4.69, 9.17) is 21.4 Å². The fourth-order valence-electron chi connectivity index (χ4n) is 1.56. The molecule has 5 heteroatoms. The number of hydrogen-bond donors (Lipinski definition) is 1. The first-order valence-electron chi connectivity index (χ1n) is 5.44. The van der Waals surface area contributed by atoms with Gasteiger partial charge in [0.15, 0.2) is 0 Å². The molecule has 0 saturated heterocycles. The van der Waals surface area contributed by atoms with Crippen molar-refractivity contribution in [2.75, 3.05) is 0 Å². The SMILES string of the molecule is Cc1ccc(Cl)cc1Oc1cc(Br)ccc1C(=O)O. The maximum Gasteiger partial charge on any atom is 0.339 e. The van der Waals surface area contributed by atoms with Gasteiger partial charge in [0.25, 0.3) is 0 Å². The lowest BCUT2D eigenvalue weighted by Gasteiger charge is -2.11. The molecule has 0 bridgehead atoms. The molecule has 0 aliphatic heterocycles. The minimum Gasteiger partial charge on any atom is -0.478 e. The van der Waals surface area contributed by atoms with Crippen molar-refractivity contribution in [3.05, 3.63) is 57.0 Å². The molecule has 98 valence electrons. The van der Waals surface area contributed by atoms with Crippen molar-refractivity contribution in [2.45, 2.75) is 6.92 Å². The number of carbonyl (C=O) groups is 1. The predicted molar refractivity (Wildman–Crippen MR) is 77.4 cm³/mol. The molecule has 0 aromatic heterocycles. The maximum atomic E-state index is 11.2. The van der Waals surface area contributed by atoms with Gasteiger partial charge in [-0.05, 0) is 42.8 Å². The lowest BCUT2D eigenvalue weighted by molar-refractivity contribution is 0.0694. The van der Waals surface area contributed by atoms with Gasteiger partial charge in [0.05, 0.1) is 0 Å². The van der Waals surface area contributed by atoms with Crippen molar-refractivity contribution >= 4 is 33.5 Å². The topological polar surface area (TPSA) is 46.5 Å². The first kappa shape index (κ1) is 13.9. The number of carboxylic acids is 1. The van der Waals surface area contributed by atoms with E-state index in [2.05, 4.69) is 15.9 Å². The van der Waals surface area contributed by atoms with Crippen molar-refractivity contribution < 1.29 is 14.6 Å². The fraction of sp³-hybridized carbons (Fsp3) is 0.0714. The summed E-state index contributed by atoms with van der Waals surface area (Å²) in [4.78, 5) is 11.2. The highest BCUT2D eigenvalue weighted by atomic mass is 79.9. The molecule has 0 amide bonds. The zero-order chi connectivity index (χ0) is 14.0. The highest BCUT2D eigenvalue weighted by Crippen LogP contribution is 2.32. The second-order valence-corrected chi connectivity index (χ2v) is 5.31. The van der Waals surface area contributed by atoms with Gasteiger partial charge in [-0.15, -0.1) is 0 Å². The third kappa shape index (κ3) is 3.28. The van der Waals surface area contributed by atoms with Gasteiger partial charge in [0.1, 0.15) is 17.1 Å². The van der Waals surface area contributed by atoms with Crippen LogP contribution in [-0.4, -0.2) is 11.1 Å². The number of rotatable bonds is 3. The summed E-state index contributed by atoms with van der Waals surface area (Å²) in [6.07, 6.45) is 0. The molecule has 0 fully saturated rings. The largest absolute Gasteiger partial charge is 0.478 e. The van der Waals surface area contributed by atoms with Crippen molar-refractivity contribution in [2.24, 2.45) is 0 Å². The Balaban J connectivity index is 2.45. The smallest absolute Gasteiger partial charge is 0.339 e. The standard InChI is InChI=1S/C14H10BrClO3/c1-8-2-4-10(16)7-12(8)19-13-6-9(15)3-5-11(13)14(17)18/h2-7H,1H3,(H,17,18). The number of aryl methyl sites for hydroxylation is 1. The van der Waals surface area contributed by atoms with E-state index in [1.54, 1.807) is 24.3 Å². The molecule has 1 N–H and O–H groups in total.